The topological polar surface area (TPSA) is 0 Å². The van der Waals surface area contributed by atoms with Crippen molar-refractivity contribution in [1.82, 2.24) is 0 Å². The Morgan fingerprint density at radius 2 is 1.18 bits per heavy atom. The molecule has 0 N–H and O–H groups in total. The van der Waals surface area contributed by atoms with Crippen LogP contribution < -0.4 is 0 Å². The molecule has 0 saturated heterocycles. The average molecular weight is 377 g/mol. The molecule has 0 fully saturated rings. The fraction of sp³-hybridized carbons (Fsp3) is 0.429. The second-order valence-electron chi connectivity index (χ2n) is 7.52. The predicted octanol–water partition coefficient (Wildman–Crippen LogP) is 8.90. The second-order valence-corrected chi connectivity index (χ2v) is 7.52. The van der Waals surface area contributed by atoms with E-state index in [1.165, 1.54) is 86.5 Å². The molecule has 2 aromatic carbocycles. The van der Waals surface area contributed by atoms with E-state index in [9.17, 15) is 0 Å². The smallest absolute Gasteiger partial charge is 0.0260 e. The van der Waals surface area contributed by atoms with E-state index in [2.05, 4.69) is 75.5 Å². The van der Waals surface area contributed by atoms with Gasteiger partial charge in [-0.3, -0.25) is 0 Å². The van der Waals surface area contributed by atoms with Crippen LogP contribution >= 0.6 is 0 Å². The monoisotopic (exact) mass is 376 g/mol. The summed E-state index contributed by atoms with van der Waals surface area (Å²) in [5, 5.41) is 0. The van der Waals surface area contributed by atoms with E-state index in [0.29, 0.717) is 0 Å². The summed E-state index contributed by atoms with van der Waals surface area (Å²) >= 11 is 0. The highest BCUT2D eigenvalue weighted by atomic mass is 14.0. The zero-order chi connectivity index (χ0) is 20.5. The first-order valence-electron chi connectivity index (χ1n) is 11.2. The Balaban J connectivity index is 0.000000280. The summed E-state index contributed by atoms with van der Waals surface area (Å²) in [4.78, 5) is 0. The zero-order valence-electron chi connectivity index (χ0n) is 18.3. The van der Waals surface area contributed by atoms with Crippen LogP contribution in [0.4, 0.5) is 0 Å². The van der Waals surface area contributed by atoms with Gasteiger partial charge in [-0.25, -0.2) is 0 Å². The highest BCUT2D eigenvalue weighted by Crippen LogP contribution is 2.11. The minimum absolute atomic E-state index is 1.21. The van der Waals surface area contributed by atoms with Crippen molar-refractivity contribution < 1.29 is 0 Å². The van der Waals surface area contributed by atoms with Crippen LogP contribution in [0.15, 0.2) is 61.7 Å². The Morgan fingerprint density at radius 1 is 0.607 bits per heavy atom. The molecule has 0 aliphatic rings. The molecule has 28 heavy (non-hydrogen) atoms. The number of rotatable bonds is 12. The maximum absolute atomic E-state index is 3.78. The van der Waals surface area contributed by atoms with Gasteiger partial charge >= 0.3 is 0 Å². The van der Waals surface area contributed by atoms with Crippen LogP contribution in [0.5, 0.6) is 0 Å². The minimum atomic E-state index is 1.21. The van der Waals surface area contributed by atoms with Crippen LogP contribution in [0.1, 0.15) is 87.5 Å². The molecule has 0 aliphatic carbocycles. The molecule has 0 nitrogen and oxygen atoms in total. The third-order valence-corrected chi connectivity index (χ3v) is 5.04. The standard InChI is InChI=1S/2C14H20/c1-3-5-6-7-9-14-11-8-10-13(4-2)12-14;1-3-5-6-7-8-14-11-9-13(4-2)10-12-14/h4,8,10-12H,2-3,5-7,9H2,1H3;4,9-12H,2-3,5-8H2,1H3. The normalized spacial score (nSPS) is 10.1. The Morgan fingerprint density at radius 3 is 1.71 bits per heavy atom. The number of benzene rings is 2. The summed E-state index contributed by atoms with van der Waals surface area (Å²) in [6, 6.07) is 17.4. The van der Waals surface area contributed by atoms with Crippen molar-refractivity contribution in [3.05, 3.63) is 83.9 Å². The highest BCUT2D eigenvalue weighted by Gasteiger charge is 1.94. The Bertz CT molecular complexity index is 648. The van der Waals surface area contributed by atoms with Gasteiger partial charge in [-0.15, -0.1) is 0 Å². The van der Waals surface area contributed by atoms with E-state index in [0.717, 1.165) is 0 Å². The first-order valence-corrected chi connectivity index (χ1v) is 11.2. The molecule has 0 aromatic heterocycles. The van der Waals surface area contributed by atoms with Gasteiger partial charge in [-0.1, -0.05) is 126 Å². The first-order chi connectivity index (χ1) is 13.7. The highest BCUT2D eigenvalue weighted by molar-refractivity contribution is 5.48. The van der Waals surface area contributed by atoms with Crippen LogP contribution in [0, 0.1) is 0 Å². The molecule has 0 radical (unpaired) electrons. The molecule has 0 heteroatoms. The van der Waals surface area contributed by atoms with E-state index in [1.807, 2.05) is 12.2 Å². The van der Waals surface area contributed by atoms with Gasteiger partial charge in [0.2, 0.25) is 0 Å². The van der Waals surface area contributed by atoms with Crippen molar-refractivity contribution in [3.63, 3.8) is 0 Å². The van der Waals surface area contributed by atoms with Crippen LogP contribution in [-0.2, 0) is 12.8 Å². The molecule has 0 unspecified atom stereocenters. The number of aryl methyl sites for hydroxylation is 2. The van der Waals surface area contributed by atoms with Crippen LogP contribution in [0.3, 0.4) is 0 Å². The summed E-state index contributed by atoms with van der Waals surface area (Å²) in [7, 11) is 0. The SMILES string of the molecule is C=Cc1ccc(CCCCCC)cc1.C=Cc1cccc(CCCCCC)c1. The molecule has 2 rings (SSSR count). The molecule has 0 aliphatic heterocycles. The lowest BCUT2D eigenvalue weighted by Crippen LogP contribution is -1.86. The molecule has 0 spiro atoms. The lowest BCUT2D eigenvalue weighted by Gasteiger charge is -2.02. The van der Waals surface area contributed by atoms with Crippen molar-refractivity contribution in [2.75, 3.05) is 0 Å². The molecular formula is C28H40. The lowest BCUT2D eigenvalue weighted by molar-refractivity contribution is 0.667. The van der Waals surface area contributed by atoms with Crippen LogP contribution in [0.25, 0.3) is 12.2 Å². The van der Waals surface area contributed by atoms with E-state index in [1.54, 1.807) is 0 Å². The van der Waals surface area contributed by atoms with Crippen LogP contribution in [0.2, 0.25) is 0 Å². The Hall–Kier alpha value is -2.08. The average Bonchev–Trinajstić information content (AvgIpc) is 2.75. The maximum atomic E-state index is 3.78. The summed E-state index contributed by atoms with van der Waals surface area (Å²) in [6.45, 7) is 12.0. The van der Waals surface area contributed by atoms with E-state index >= 15 is 0 Å². The third kappa shape index (κ3) is 10.9. The Labute approximate surface area is 174 Å². The van der Waals surface area contributed by atoms with Gasteiger partial charge in [0.25, 0.3) is 0 Å². The fourth-order valence-electron chi connectivity index (χ4n) is 3.21. The number of hydrogen-bond donors (Lipinski definition) is 0. The molecular weight excluding hydrogens is 336 g/mol. The molecule has 152 valence electrons. The van der Waals surface area contributed by atoms with Crippen molar-refractivity contribution in [1.29, 1.82) is 0 Å². The maximum Gasteiger partial charge on any atom is -0.0260 e. The first kappa shape index (κ1) is 24.0. The van der Waals surface area contributed by atoms with Gasteiger partial charge in [0, 0.05) is 0 Å². The van der Waals surface area contributed by atoms with Crippen molar-refractivity contribution >= 4 is 12.2 Å². The summed E-state index contributed by atoms with van der Waals surface area (Å²) in [5.41, 5.74) is 5.34. The van der Waals surface area contributed by atoms with Gasteiger partial charge in [-0.05, 0) is 47.9 Å². The largest absolute Gasteiger partial charge is 0.0985 e. The minimum Gasteiger partial charge on any atom is -0.0985 e. The Kier molecular flexibility index (Phi) is 13.6. The van der Waals surface area contributed by atoms with Crippen molar-refractivity contribution in [2.24, 2.45) is 0 Å². The lowest BCUT2D eigenvalue weighted by atomic mass is 10.0. The quantitative estimate of drug-likeness (QED) is 0.324. The summed E-state index contributed by atoms with van der Waals surface area (Å²) in [6.07, 6.45) is 16.9. The van der Waals surface area contributed by atoms with Gasteiger partial charge in [0.05, 0.1) is 0 Å². The number of unbranched alkanes of at least 4 members (excludes halogenated alkanes) is 6. The van der Waals surface area contributed by atoms with Gasteiger partial charge in [0.15, 0.2) is 0 Å². The van der Waals surface area contributed by atoms with E-state index < -0.39 is 0 Å². The van der Waals surface area contributed by atoms with E-state index in [4.69, 9.17) is 0 Å². The third-order valence-electron chi connectivity index (χ3n) is 5.04. The predicted molar refractivity (Wildman–Crippen MR) is 129 cm³/mol. The number of hydrogen-bond acceptors (Lipinski definition) is 0. The molecule has 2 aromatic rings. The molecule has 0 saturated carbocycles. The van der Waals surface area contributed by atoms with Gasteiger partial charge in [0.1, 0.15) is 0 Å². The zero-order valence-corrected chi connectivity index (χ0v) is 18.3. The fourth-order valence-corrected chi connectivity index (χ4v) is 3.21. The van der Waals surface area contributed by atoms with Crippen molar-refractivity contribution in [2.45, 2.75) is 78.1 Å². The summed E-state index contributed by atoms with van der Waals surface area (Å²) < 4.78 is 0. The van der Waals surface area contributed by atoms with Crippen molar-refractivity contribution in [3.8, 4) is 0 Å². The second kappa shape index (κ2) is 15.9. The van der Waals surface area contributed by atoms with Crippen LogP contribution in [-0.4, -0.2) is 0 Å². The van der Waals surface area contributed by atoms with E-state index in [-0.39, 0.29) is 0 Å². The molecule has 0 bridgehead atoms. The van der Waals surface area contributed by atoms with Gasteiger partial charge < -0.3 is 0 Å². The van der Waals surface area contributed by atoms with Gasteiger partial charge in [-0.2, -0.15) is 0 Å². The molecule has 0 heterocycles. The molecule has 0 amide bonds. The summed E-state index contributed by atoms with van der Waals surface area (Å²) in [5.74, 6) is 0. The molecule has 0 atom stereocenters.